The van der Waals surface area contributed by atoms with Crippen LogP contribution in [0.4, 0.5) is 8.78 Å². The second kappa shape index (κ2) is 5.44. The van der Waals surface area contributed by atoms with Crippen molar-refractivity contribution >= 4 is 28.0 Å². The maximum Gasteiger partial charge on any atom is 0.438 e. The van der Waals surface area contributed by atoms with Gasteiger partial charge in [0.2, 0.25) is 5.91 Å². The number of carbonyl (C=O) groups is 1. The van der Waals surface area contributed by atoms with Crippen molar-refractivity contribution in [2.45, 2.75) is 25.4 Å². The molecule has 0 radical (unpaired) electrons. The Balaban J connectivity index is 4.86. The number of carbonyl (C=O) groups excluding carboxylic acids is 1. The van der Waals surface area contributed by atoms with Crippen LogP contribution < -0.4 is 4.72 Å². The number of alkyl halides is 2. The summed E-state index contributed by atoms with van der Waals surface area (Å²) in [6, 6.07) is 0. The number of amides is 1. The van der Waals surface area contributed by atoms with E-state index in [0.717, 1.165) is 0 Å². The molecule has 11 heteroatoms. The second-order valence-corrected chi connectivity index (χ2v) is 6.67. The third-order valence-corrected chi connectivity index (χ3v) is 3.65. The van der Waals surface area contributed by atoms with Gasteiger partial charge in [-0.25, -0.2) is 9.98 Å². The molecule has 0 aliphatic carbocycles. The van der Waals surface area contributed by atoms with E-state index in [9.17, 15) is 22.0 Å². The Morgan fingerprint density at radius 1 is 1.35 bits per heavy atom. The number of rotatable bonds is 5. The molecule has 0 aromatic carbocycles. The SMILES string of the molecule is CC(C)(C)C(=O)NS(=O)(=O)C(F)(F)SOOO. The van der Waals surface area contributed by atoms with Gasteiger partial charge in [0.15, 0.2) is 0 Å². The quantitative estimate of drug-likeness (QED) is 0.445. The third kappa shape index (κ3) is 4.71. The predicted octanol–water partition coefficient (Wildman–Crippen LogP) is 1.10. The molecule has 1 amide bonds. The standard InChI is InChI=1S/C6H11F2NO6S2/c1-5(2,3)4(10)9-17(12,13)6(7,8)16-15-14-11/h11H,1-3H3,(H,9,10). The average molecular weight is 295 g/mol. The second-order valence-electron chi connectivity index (χ2n) is 3.87. The normalized spacial score (nSPS) is 13.5. The van der Waals surface area contributed by atoms with E-state index in [1.807, 2.05) is 0 Å². The fourth-order valence-corrected chi connectivity index (χ4v) is 1.78. The summed E-state index contributed by atoms with van der Waals surface area (Å²) in [5.41, 5.74) is -1.16. The molecule has 0 unspecified atom stereocenters. The molecule has 0 atom stereocenters. The fourth-order valence-electron chi connectivity index (χ4n) is 0.434. The molecule has 102 valence electrons. The molecular weight excluding hydrogens is 284 g/mol. The van der Waals surface area contributed by atoms with E-state index in [-0.39, 0.29) is 0 Å². The largest absolute Gasteiger partial charge is 0.438 e. The van der Waals surface area contributed by atoms with E-state index in [2.05, 4.69) is 9.37 Å². The van der Waals surface area contributed by atoms with E-state index in [4.69, 9.17) is 5.26 Å². The Hall–Kier alpha value is -0.490. The van der Waals surface area contributed by atoms with Gasteiger partial charge in [-0.2, -0.15) is 17.2 Å². The first-order chi connectivity index (χ1) is 7.44. The molecule has 0 spiro atoms. The Bertz CT molecular complexity index is 376. The third-order valence-electron chi connectivity index (χ3n) is 1.38. The van der Waals surface area contributed by atoms with Crippen LogP contribution in [0.25, 0.3) is 0 Å². The van der Waals surface area contributed by atoms with Crippen molar-refractivity contribution in [2.75, 3.05) is 0 Å². The van der Waals surface area contributed by atoms with Crippen molar-refractivity contribution in [3.63, 3.8) is 0 Å². The molecule has 17 heavy (non-hydrogen) atoms. The molecule has 0 saturated heterocycles. The summed E-state index contributed by atoms with van der Waals surface area (Å²) in [6.07, 6.45) is 0. The fraction of sp³-hybridized carbons (Fsp3) is 0.833. The van der Waals surface area contributed by atoms with Crippen molar-refractivity contribution in [1.29, 1.82) is 0 Å². The lowest BCUT2D eigenvalue weighted by Gasteiger charge is -2.20. The van der Waals surface area contributed by atoms with Gasteiger partial charge < -0.3 is 0 Å². The Labute approximate surface area is 101 Å². The van der Waals surface area contributed by atoms with Crippen molar-refractivity contribution in [1.82, 2.24) is 4.72 Å². The smallest absolute Gasteiger partial charge is 0.273 e. The van der Waals surface area contributed by atoms with Crippen LogP contribution in [0.15, 0.2) is 0 Å². The van der Waals surface area contributed by atoms with Gasteiger partial charge in [0.1, 0.15) is 12.0 Å². The van der Waals surface area contributed by atoms with Crippen molar-refractivity contribution in [3.05, 3.63) is 0 Å². The van der Waals surface area contributed by atoms with Crippen LogP contribution in [0.3, 0.4) is 0 Å². The molecule has 0 saturated carbocycles. The highest BCUT2D eigenvalue weighted by atomic mass is 32.3. The van der Waals surface area contributed by atoms with Gasteiger partial charge >= 0.3 is 14.6 Å². The highest BCUT2D eigenvalue weighted by Gasteiger charge is 2.50. The molecule has 0 aromatic rings. The molecule has 0 bridgehead atoms. The number of nitrogens with one attached hydrogen (secondary N) is 1. The van der Waals surface area contributed by atoms with Gasteiger partial charge in [0, 0.05) is 5.41 Å². The highest BCUT2D eigenvalue weighted by Crippen LogP contribution is 2.35. The summed E-state index contributed by atoms with van der Waals surface area (Å²) in [6.45, 7) is 4.03. The predicted molar refractivity (Wildman–Crippen MR) is 53.9 cm³/mol. The molecule has 2 N–H and O–H groups in total. The van der Waals surface area contributed by atoms with Crippen LogP contribution in [0.5, 0.6) is 0 Å². The first kappa shape index (κ1) is 16.5. The van der Waals surface area contributed by atoms with E-state index in [0.29, 0.717) is 0 Å². The lowest BCUT2D eigenvalue weighted by molar-refractivity contribution is -0.433. The molecule has 0 rings (SSSR count). The van der Waals surface area contributed by atoms with Gasteiger partial charge in [-0.3, -0.25) is 4.79 Å². The van der Waals surface area contributed by atoms with Crippen LogP contribution in [-0.2, 0) is 24.2 Å². The lowest BCUT2D eigenvalue weighted by atomic mass is 9.96. The number of hydrogen-bond acceptors (Lipinski definition) is 7. The minimum atomic E-state index is -5.30. The van der Waals surface area contributed by atoms with Crippen LogP contribution in [0, 0.1) is 5.41 Å². The first-order valence-corrected chi connectivity index (χ1v) is 6.27. The number of halogens is 2. The van der Waals surface area contributed by atoms with Crippen molar-refractivity contribution < 1.29 is 36.6 Å². The summed E-state index contributed by atoms with van der Waals surface area (Å²) >= 11 is -0.970. The monoisotopic (exact) mass is 295 g/mol. The zero-order valence-corrected chi connectivity index (χ0v) is 10.7. The summed E-state index contributed by atoms with van der Waals surface area (Å²) in [5, 5.41) is 10.5. The minimum Gasteiger partial charge on any atom is -0.273 e. The maximum absolute atomic E-state index is 13.0. The summed E-state index contributed by atoms with van der Waals surface area (Å²) in [5.74, 6) is -1.11. The number of hydrogen-bond donors (Lipinski definition) is 2. The minimum absolute atomic E-state index is 0.970. The zero-order valence-electron chi connectivity index (χ0n) is 9.06. The molecule has 7 nitrogen and oxygen atoms in total. The Kier molecular flexibility index (Phi) is 5.28. The number of sulfonamides is 1. The van der Waals surface area contributed by atoms with Gasteiger partial charge in [0.05, 0.1) is 0 Å². The summed E-state index contributed by atoms with van der Waals surface area (Å²) < 4.78 is 48.2. The van der Waals surface area contributed by atoms with Crippen LogP contribution in [-0.4, -0.2) is 24.2 Å². The molecule has 0 aliphatic rings. The first-order valence-electron chi connectivity index (χ1n) is 4.04. The van der Waals surface area contributed by atoms with E-state index in [1.54, 1.807) is 0 Å². The molecule has 0 aliphatic heterocycles. The van der Waals surface area contributed by atoms with Crippen LogP contribution in [0.2, 0.25) is 0 Å². The average Bonchev–Trinajstić information content (AvgIpc) is 2.12. The van der Waals surface area contributed by atoms with Gasteiger partial charge in [-0.15, -0.1) is 4.33 Å². The van der Waals surface area contributed by atoms with Crippen molar-refractivity contribution in [2.24, 2.45) is 5.41 Å². The van der Waals surface area contributed by atoms with Gasteiger partial charge in [0.25, 0.3) is 0 Å². The lowest BCUT2D eigenvalue weighted by Crippen LogP contribution is -2.45. The Morgan fingerprint density at radius 2 is 1.82 bits per heavy atom. The molecule has 0 fully saturated rings. The maximum atomic E-state index is 13.0. The molecule has 0 aromatic heterocycles. The molecule has 0 heterocycles. The summed E-state index contributed by atoms with van der Waals surface area (Å²) in [7, 11) is -5.30. The van der Waals surface area contributed by atoms with Crippen molar-refractivity contribution in [3.8, 4) is 0 Å². The zero-order chi connectivity index (χ0) is 13.9. The van der Waals surface area contributed by atoms with Gasteiger partial charge in [-0.1, -0.05) is 25.8 Å². The van der Waals surface area contributed by atoms with E-state index < -0.39 is 38.0 Å². The van der Waals surface area contributed by atoms with E-state index in [1.165, 1.54) is 25.5 Å². The molecular formula is C6H11F2NO6S2. The van der Waals surface area contributed by atoms with E-state index >= 15 is 0 Å². The summed E-state index contributed by atoms with van der Waals surface area (Å²) in [4.78, 5) is 11.2. The van der Waals surface area contributed by atoms with Gasteiger partial charge in [-0.05, 0) is 0 Å². The Morgan fingerprint density at radius 3 is 2.18 bits per heavy atom. The van der Waals surface area contributed by atoms with Crippen LogP contribution in [0.1, 0.15) is 20.8 Å². The topological polar surface area (TPSA) is 102 Å². The highest BCUT2D eigenvalue weighted by molar-refractivity contribution is 8.11. The van der Waals surface area contributed by atoms with Crippen LogP contribution >= 0.6 is 12.0 Å².